The van der Waals surface area contributed by atoms with E-state index in [1.54, 1.807) is 0 Å². The van der Waals surface area contributed by atoms with E-state index < -0.39 is 51.1 Å². The molecule has 5 N–H and O–H groups in total. The van der Waals surface area contributed by atoms with Gasteiger partial charge in [0.1, 0.15) is 26.9 Å². The van der Waals surface area contributed by atoms with Gasteiger partial charge in [-0.15, -0.1) is 0 Å². The Morgan fingerprint density at radius 3 is 2.26 bits per heavy atom. The average Bonchev–Trinajstić information content (AvgIpc) is 2.62. The molecular formula is C8H14N4O7. The first-order valence-electron chi connectivity index (χ1n) is 5.13. The fourth-order valence-electron chi connectivity index (χ4n) is 1.62. The Balaban J connectivity index is 3.03. The van der Waals surface area contributed by atoms with Crippen molar-refractivity contribution in [3.8, 4) is 0 Å². The van der Waals surface area contributed by atoms with E-state index in [0.29, 0.717) is 14.7 Å². The molecule has 0 aromatic rings. The van der Waals surface area contributed by atoms with Crippen LogP contribution in [0, 0.1) is 0 Å². The Kier molecular flexibility index (Phi) is 5.00. The number of nitrogens with one attached hydrogen (secondary N) is 1. The molecule has 0 unspecified atom stereocenters. The van der Waals surface area contributed by atoms with Gasteiger partial charge in [-0.25, -0.2) is 14.5 Å². The number of imide groups is 1. The Morgan fingerprint density at radius 1 is 1.21 bits per heavy atom. The molecular weight excluding hydrogens is 264 g/mol. The third kappa shape index (κ3) is 2.58. The lowest BCUT2D eigenvalue weighted by Crippen LogP contribution is -2.55. The number of rotatable bonds is 5. The first kappa shape index (κ1) is 15.1. The van der Waals surface area contributed by atoms with E-state index in [1.807, 2.05) is 5.32 Å². The number of carbonyl (C=O) groups excluding carboxylic acids is 3. The molecule has 0 spiro atoms. The molecule has 1 saturated heterocycles. The van der Waals surface area contributed by atoms with Crippen molar-refractivity contribution in [3.63, 3.8) is 0 Å². The number of hydrogen-bond acceptors (Lipinski definition) is 7. The van der Waals surface area contributed by atoms with E-state index in [0.717, 1.165) is 0 Å². The standard InChI is InChI=1S/C8H14N4O7/c13-1-9-7(18)10(2-14)5-6(17)12(4-16)8(19)11(5)3-15/h5,13-16H,1-4H2,(H,9,18)/t5-/m1/s1. The SMILES string of the molecule is O=C1[C@H](N(CO)C(=O)NCO)N(CO)C(=O)N1CO. The molecule has 0 aromatic carbocycles. The van der Waals surface area contributed by atoms with Crippen LogP contribution in [0.4, 0.5) is 9.59 Å². The summed E-state index contributed by atoms with van der Waals surface area (Å²) < 4.78 is 0. The van der Waals surface area contributed by atoms with Crippen LogP contribution < -0.4 is 5.32 Å². The van der Waals surface area contributed by atoms with E-state index in [4.69, 9.17) is 20.4 Å². The highest BCUT2D eigenvalue weighted by molar-refractivity contribution is 6.05. The normalized spacial score (nSPS) is 19.1. The summed E-state index contributed by atoms with van der Waals surface area (Å²) in [6.07, 6.45) is -1.60. The van der Waals surface area contributed by atoms with Gasteiger partial charge >= 0.3 is 12.1 Å². The molecule has 5 amide bonds. The number of carbonyl (C=O) groups is 3. The van der Waals surface area contributed by atoms with Crippen molar-refractivity contribution in [2.75, 3.05) is 26.9 Å². The van der Waals surface area contributed by atoms with Crippen LogP contribution in [0.5, 0.6) is 0 Å². The lowest BCUT2D eigenvalue weighted by molar-refractivity contribution is -0.136. The van der Waals surface area contributed by atoms with Crippen LogP contribution in [-0.4, -0.2) is 86.2 Å². The van der Waals surface area contributed by atoms with Gasteiger partial charge < -0.3 is 25.7 Å². The molecule has 0 aliphatic carbocycles. The molecule has 1 rings (SSSR count). The van der Waals surface area contributed by atoms with E-state index in [9.17, 15) is 14.4 Å². The predicted molar refractivity (Wildman–Crippen MR) is 56.6 cm³/mol. The van der Waals surface area contributed by atoms with Crippen molar-refractivity contribution in [2.24, 2.45) is 0 Å². The van der Waals surface area contributed by atoms with Gasteiger partial charge in [0.25, 0.3) is 5.91 Å². The van der Waals surface area contributed by atoms with E-state index >= 15 is 0 Å². The first-order chi connectivity index (χ1) is 9.03. The zero-order valence-electron chi connectivity index (χ0n) is 9.76. The fraction of sp³-hybridized carbons (Fsp3) is 0.625. The van der Waals surface area contributed by atoms with Gasteiger partial charge in [0.2, 0.25) is 0 Å². The minimum absolute atomic E-state index is 0.399. The Labute approximate surface area is 107 Å². The van der Waals surface area contributed by atoms with Crippen LogP contribution in [0.3, 0.4) is 0 Å². The van der Waals surface area contributed by atoms with Gasteiger partial charge in [-0.2, -0.15) is 0 Å². The topological polar surface area (TPSA) is 154 Å². The summed E-state index contributed by atoms with van der Waals surface area (Å²) in [4.78, 5) is 36.4. The third-order valence-electron chi connectivity index (χ3n) is 2.49. The lowest BCUT2D eigenvalue weighted by Gasteiger charge is -2.29. The van der Waals surface area contributed by atoms with Gasteiger partial charge in [-0.05, 0) is 0 Å². The largest absolute Gasteiger partial charge is 0.376 e. The summed E-state index contributed by atoms with van der Waals surface area (Å²) in [5.74, 6) is -0.983. The monoisotopic (exact) mass is 278 g/mol. The van der Waals surface area contributed by atoms with Crippen LogP contribution in [0.15, 0.2) is 0 Å². The van der Waals surface area contributed by atoms with Gasteiger partial charge in [0, 0.05) is 0 Å². The Hall–Kier alpha value is -1.95. The molecule has 1 aliphatic heterocycles. The number of aliphatic hydroxyl groups is 4. The molecule has 1 aliphatic rings. The zero-order valence-corrected chi connectivity index (χ0v) is 9.76. The van der Waals surface area contributed by atoms with Gasteiger partial charge in [0.05, 0.1) is 0 Å². The van der Waals surface area contributed by atoms with Crippen molar-refractivity contribution in [2.45, 2.75) is 6.17 Å². The zero-order chi connectivity index (χ0) is 14.6. The van der Waals surface area contributed by atoms with Crippen molar-refractivity contribution < 1.29 is 34.8 Å². The third-order valence-corrected chi connectivity index (χ3v) is 2.49. The molecule has 0 saturated carbocycles. The summed E-state index contributed by atoms with van der Waals surface area (Å²) in [6.45, 7) is -3.50. The predicted octanol–water partition coefficient (Wildman–Crippen LogP) is -3.61. The number of aliphatic hydroxyl groups excluding tert-OH is 4. The molecule has 1 heterocycles. The lowest BCUT2D eigenvalue weighted by atomic mass is 10.4. The van der Waals surface area contributed by atoms with Crippen LogP contribution in [0.2, 0.25) is 0 Å². The van der Waals surface area contributed by atoms with E-state index in [1.165, 1.54) is 0 Å². The number of nitrogens with zero attached hydrogens (tertiary/aromatic N) is 3. The van der Waals surface area contributed by atoms with Crippen LogP contribution in [0.1, 0.15) is 0 Å². The summed E-state index contributed by atoms with van der Waals surface area (Å²) >= 11 is 0. The van der Waals surface area contributed by atoms with Crippen molar-refractivity contribution in [3.05, 3.63) is 0 Å². The second-order valence-electron chi connectivity index (χ2n) is 3.43. The average molecular weight is 278 g/mol. The molecule has 108 valence electrons. The minimum Gasteiger partial charge on any atom is -0.376 e. The number of hydrogen-bond donors (Lipinski definition) is 5. The first-order valence-corrected chi connectivity index (χ1v) is 5.13. The summed E-state index contributed by atoms with van der Waals surface area (Å²) in [5, 5.41) is 37.5. The maximum atomic E-state index is 11.8. The van der Waals surface area contributed by atoms with E-state index in [2.05, 4.69) is 0 Å². The van der Waals surface area contributed by atoms with Gasteiger partial charge in [-0.1, -0.05) is 0 Å². The van der Waals surface area contributed by atoms with Crippen LogP contribution in [-0.2, 0) is 4.79 Å². The smallest absolute Gasteiger partial charge is 0.332 e. The quantitative estimate of drug-likeness (QED) is 0.257. The van der Waals surface area contributed by atoms with E-state index in [-0.39, 0.29) is 0 Å². The summed E-state index contributed by atoms with van der Waals surface area (Å²) in [7, 11) is 0. The molecule has 11 nitrogen and oxygen atoms in total. The van der Waals surface area contributed by atoms with Crippen molar-refractivity contribution in [1.29, 1.82) is 0 Å². The van der Waals surface area contributed by atoms with Crippen LogP contribution >= 0.6 is 0 Å². The fourth-order valence-corrected chi connectivity index (χ4v) is 1.62. The highest BCUT2D eigenvalue weighted by atomic mass is 16.3. The molecule has 0 bridgehead atoms. The Morgan fingerprint density at radius 2 is 1.84 bits per heavy atom. The molecule has 1 fully saturated rings. The summed E-state index contributed by atoms with van der Waals surface area (Å²) in [6, 6.07) is -2.02. The number of urea groups is 2. The maximum Gasteiger partial charge on any atom is 0.332 e. The number of amides is 5. The minimum atomic E-state index is -1.60. The molecule has 19 heavy (non-hydrogen) atoms. The van der Waals surface area contributed by atoms with Gasteiger partial charge in [-0.3, -0.25) is 14.6 Å². The maximum absolute atomic E-state index is 11.8. The highest BCUT2D eigenvalue weighted by Crippen LogP contribution is 2.19. The molecule has 0 radical (unpaired) electrons. The second kappa shape index (κ2) is 6.29. The van der Waals surface area contributed by atoms with Crippen LogP contribution in [0.25, 0.3) is 0 Å². The van der Waals surface area contributed by atoms with Crippen molar-refractivity contribution in [1.82, 2.24) is 20.0 Å². The molecule has 0 aromatic heterocycles. The Bertz CT molecular complexity index is 376. The van der Waals surface area contributed by atoms with Gasteiger partial charge in [0.15, 0.2) is 6.17 Å². The summed E-state index contributed by atoms with van der Waals surface area (Å²) in [5.41, 5.74) is 0. The van der Waals surface area contributed by atoms with Crippen molar-refractivity contribution >= 4 is 18.0 Å². The molecule has 11 heteroatoms. The highest BCUT2D eigenvalue weighted by Gasteiger charge is 2.49. The second-order valence-corrected chi connectivity index (χ2v) is 3.43. The molecule has 1 atom stereocenters.